The number of imidazole rings is 1. The van der Waals surface area contributed by atoms with E-state index in [1.54, 1.807) is 6.92 Å². The van der Waals surface area contributed by atoms with E-state index >= 15 is 0 Å². The molecule has 8 nitrogen and oxygen atoms in total. The standard InChI is InChI=1S/C17H22ClN5O3/c1-17(24,13-22-11-15(23(25)26)19-16(22)18)12-20-7-9-21(10-8-20)14-5-3-2-4-6-14/h2-6,11,24H,7-10,12-13H2,1H3/t17-/m0/s1. The second kappa shape index (κ2) is 7.61. The van der Waals surface area contributed by atoms with Gasteiger partial charge in [0.2, 0.25) is 0 Å². The lowest BCUT2D eigenvalue weighted by atomic mass is 10.1. The fourth-order valence-electron chi connectivity index (χ4n) is 3.28. The Morgan fingerprint density at radius 1 is 1.23 bits per heavy atom. The van der Waals surface area contributed by atoms with Gasteiger partial charge >= 0.3 is 11.1 Å². The molecule has 1 aromatic carbocycles. The minimum absolute atomic E-state index is 0.00544. The largest absolute Gasteiger partial charge is 0.387 e. The summed E-state index contributed by atoms with van der Waals surface area (Å²) in [6.45, 7) is 5.75. The SMILES string of the molecule is C[C@](O)(CN1CCN(c2ccccc2)CC1)Cn1cc([N+](=O)[O-])nc1Cl. The molecule has 2 aromatic rings. The molecule has 0 aliphatic carbocycles. The molecule has 1 aliphatic rings. The zero-order valence-electron chi connectivity index (χ0n) is 14.6. The van der Waals surface area contributed by atoms with Crippen LogP contribution in [0.3, 0.4) is 0 Å². The van der Waals surface area contributed by atoms with Crippen LogP contribution in [-0.4, -0.2) is 62.8 Å². The summed E-state index contributed by atoms with van der Waals surface area (Å²) >= 11 is 5.94. The third-order valence-electron chi connectivity index (χ3n) is 4.47. The first-order valence-corrected chi connectivity index (χ1v) is 8.84. The average Bonchev–Trinajstić information content (AvgIpc) is 2.96. The monoisotopic (exact) mass is 379 g/mol. The molecule has 2 heterocycles. The number of hydrogen-bond acceptors (Lipinski definition) is 6. The highest BCUT2D eigenvalue weighted by Crippen LogP contribution is 2.21. The Balaban J connectivity index is 1.56. The van der Waals surface area contributed by atoms with E-state index < -0.39 is 10.5 Å². The highest BCUT2D eigenvalue weighted by molar-refractivity contribution is 6.28. The van der Waals surface area contributed by atoms with Crippen molar-refractivity contribution in [3.05, 3.63) is 51.9 Å². The number of piperazine rings is 1. The molecule has 0 radical (unpaired) electrons. The molecule has 9 heteroatoms. The number of anilines is 1. The minimum Gasteiger partial charge on any atom is -0.387 e. The van der Waals surface area contributed by atoms with Gasteiger partial charge in [0.05, 0.1) is 12.1 Å². The Hall–Kier alpha value is -2.16. The third-order valence-corrected chi connectivity index (χ3v) is 4.77. The molecule has 0 amide bonds. The van der Waals surface area contributed by atoms with Crippen LogP contribution < -0.4 is 4.90 Å². The van der Waals surface area contributed by atoms with Crippen LogP contribution in [0.2, 0.25) is 5.28 Å². The second-order valence-corrected chi connectivity index (χ2v) is 7.19. The van der Waals surface area contributed by atoms with E-state index in [0.29, 0.717) is 6.54 Å². The van der Waals surface area contributed by atoms with Crippen molar-refractivity contribution in [2.24, 2.45) is 0 Å². The highest BCUT2D eigenvalue weighted by Gasteiger charge is 2.29. The van der Waals surface area contributed by atoms with E-state index in [2.05, 4.69) is 26.9 Å². The van der Waals surface area contributed by atoms with Crippen LogP contribution in [0.4, 0.5) is 11.5 Å². The first-order valence-electron chi connectivity index (χ1n) is 8.46. The van der Waals surface area contributed by atoms with Crippen molar-refractivity contribution < 1.29 is 10.0 Å². The number of aromatic nitrogens is 2. The van der Waals surface area contributed by atoms with Gasteiger partial charge in [0.1, 0.15) is 6.20 Å². The second-order valence-electron chi connectivity index (χ2n) is 6.85. The van der Waals surface area contributed by atoms with Gasteiger partial charge in [-0.25, -0.2) is 0 Å². The fourth-order valence-corrected chi connectivity index (χ4v) is 3.48. The van der Waals surface area contributed by atoms with Gasteiger partial charge in [-0.1, -0.05) is 18.2 Å². The lowest BCUT2D eigenvalue weighted by Gasteiger charge is -2.39. The summed E-state index contributed by atoms with van der Waals surface area (Å²) in [6, 6.07) is 10.3. The molecular weight excluding hydrogens is 358 g/mol. The maximum atomic E-state index is 10.8. The number of aliphatic hydroxyl groups is 1. The molecule has 0 unspecified atom stereocenters. The molecule has 0 saturated carbocycles. The number of nitrogens with zero attached hydrogens (tertiary/aromatic N) is 5. The molecule has 26 heavy (non-hydrogen) atoms. The minimum atomic E-state index is -1.08. The number of nitro groups is 1. The molecule has 1 atom stereocenters. The van der Waals surface area contributed by atoms with Crippen molar-refractivity contribution >= 4 is 23.1 Å². The first kappa shape index (κ1) is 18.6. The van der Waals surface area contributed by atoms with E-state index in [4.69, 9.17) is 11.6 Å². The number of hydrogen-bond donors (Lipinski definition) is 1. The van der Waals surface area contributed by atoms with Gasteiger partial charge in [-0.3, -0.25) is 9.47 Å². The molecule has 1 aliphatic heterocycles. The molecule has 1 fully saturated rings. The molecule has 3 rings (SSSR count). The zero-order valence-corrected chi connectivity index (χ0v) is 15.3. The Morgan fingerprint density at radius 2 is 1.88 bits per heavy atom. The van der Waals surface area contributed by atoms with Crippen molar-refractivity contribution in [2.45, 2.75) is 19.1 Å². The van der Waals surface area contributed by atoms with Gasteiger partial charge in [-0.15, -0.1) is 0 Å². The van der Waals surface area contributed by atoms with E-state index in [9.17, 15) is 15.2 Å². The molecule has 1 N–H and O–H groups in total. The Morgan fingerprint density at radius 3 is 2.46 bits per heavy atom. The van der Waals surface area contributed by atoms with E-state index in [1.807, 2.05) is 18.2 Å². The van der Waals surface area contributed by atoms with Crippen molar-refractivity contribution in [1.29, 1.82) is 0 Å². The lowest BCUT2D eigenvalue weighted by molar-refractivity contribution is -0.389. The number of β-amino-alcohol motifs (C(OH)–C–C–N with tert-alkyl or cyclic N) is 1. The third kappa shape index (κ3) is 4.51. The summed E-state index contributed by atoms with van der Waals surface area (Å²) in [5.74, 6) is -0.317. The number of para-hydroxylation sites is 1. The maximum absolute atomic E-state index is 10.8. The van der Waals surface area contributed by atoms with Crippen LogP contribution in [-0.2, 0) is 6.54 Å². The Labute approximate surface area is 156 Å². The van der Waals surface area contributed by atoms with Gasteiger partial charge in [-0.2, -0.15) is 0 Å². The molecular formula is C17H22ClN5O3. The van der Waals surface area contributed by atoms with E-state index in [0.717, 1.165) is 26.2 Å². The first-order chi connectivity index (χ1) is 12.3. The molecule has 1 saturated heterocycles. The van der Waals surface area contributed by atoms with Crippen LogP contribution >= 0.6 is 11.6 Å². The van der Waals surface area contributed by atoms with E-state index in [-0.39, 0.29) is 17.6 Å². The van der Waals surface area contributed by atoms with Gasteiger partial charge in [0.25, 0.3) is 0 Å². The quantitative estimate of drug-likeness (QED) is 0.610. The van der Waals surface area contributed by atoms with Gasteiger partial charge in [-0.05, 0) is 40.6 Å². The predicted molar refractivity (Wildman–Crippen MR) is 99.6 cm³/mol. The molecule has 0 bridgehead atoms. The van der Waals surface area contributed by atoms with Crippen LogP contribution in [0.5, 0.6) is 0 Å². The smallest absolute Gasteiger partial charge is 0.383 e. The summed E-state index contributed by atoms with van der Waals surface area (Å²) in [6.07, 6.45) is 1.25. The summed E-state index contributed by atoms with van der Waals surface area (Å²) in [5.41, 5.74) is 0.129. The van der Waals surface area contributed by atoms with Crippen LogP contribution in [0.15, 0.2) is 36.5 Å². The average molecular weight is 380 g/mol. The normalized spacial score (nSPS) is 17.9. The van der Waals surface area contributed by atoms with Gasteiger partial charge in [0, 0.05) is 38.4 Å². The number of halogens is 1. The van der Waals surface area contributed by atoms with Crippen molar-refractivity contribution in [3.8, 4) is 0 Å². The summed E-state index contributed by atoms with van der Waals surface area (Å²) in [5, 5.41) is 21.5. The summed E-state index contributed by atoms with van der Waals surface area (Å²) < 4.78 is 1.42. The molecule has 0 spiro atoms. The maximum Gasteiger partial charge on any atom is 0.383 e. The van der Waals surface area contributed by atoms with Crippen LogP contribution in [0.1, 0.15) is 6.92 Å². The number of benzene rings is 1. The zero-order chi connectivity index (χ0) is 18.7. The van der Waals surface area contributed by atoms with Crippen molar-refractivity contribution in [2.75, 3.05) is 37.6 Å². The van der Waals surface area contributed by atoms with Crippen molar-refractivity contribution in [3.63, 3.8) is 0 Å². The summed E-state index contributed by atoms with van der Waals surface area (Å²) in [7, 11) is 0. The van der Waals surface area contributed by atoms with Gasteiger partial charge < -0.3 is 20.1 Å². The lowest BCUT2D eigenvalue weighted by Crippen LogP contribution is -2.52. The topological polar surface area (TPSA) is 87.7 Å². The Kier molecular flexibility index (Phi) is 5.45. The molecule has 140 valence electrons. The van der Waals surface area contributed by atoms with Crippen molar-refractivity contribution in [1.82, 2.24) is 14.5 Å². The van der Waals surface area contributed by atoms with E-state index in [1.165, 1.54) is 16.5 Å². The van der Waals surface area contributed by atoms with Gasteiger partial charge in [0.15, 0.2) is 0 Å². The fraction of sp³-hybridized carbons (Fsp3) is 0.471. The van der Waals surface area contributed by atoms with Crippen LogP contribution in [0, 0.1) is 10.1 Å². The predicted octanol–water partition coefficient (Wildman–Crippen LogP) is 2.02. The molecule has 1 aromatic heterocycles. The highest BCUT2D eigenvalue weighted by atomic mass is 35.5. The van der Waals surface area contributed by atoms with Crippen LogP contribution in [0.25, 0.3) is 0 Å². The summed E-state index contributed by atoms with van der Waals surface area (Å²) in [4.78, 5) is 18.4. The Bertz CT molecular complexity index is 757. The number of rotatable bonds is 6.